The molecular formula is C21H30N4O6. The molecule has 0 aromatic heterocycles. The third kappa shape index (κ3) is 8.03. The van der Waals surface area contributed by atoms with E-state index in [1.165, 1.54) is 0 Å². The molecule has 10 nitrogen and oxygen atoms in total. The molecule has 1 aromatic rings. The molecule has 2 rings (SSSR count). The maximum atomic E-state index is 12.6. The Balaban J connectivity index is 1.77. The Morgan fingerprint density at radius 3 is 2.81 bits per heavy atom. The molecule has 1 aliphatic rings. The summed E-state index contributed by atoms with van der Waals surface area (Å²) in [4.78, 5) is 27.9. The lowest BCUT2D eigenvalue weighted by atomic mass is 9.85. The van der Waals surface area contributed by atoms with Crippen LogP contribution in [0.5, 0.6) is 5.75 Å². The predicted octanol–water partition coefficient (Wildman–Crippen LogP) is 1.55. The van der Waals surface area contributed by atoms with E-state index in [1.807, 2.05) is 19.9 Å². The van der Waals surface area contributed by atoms with Gasteiger partial charge in [0, 0.05) is 18.6 Å². The van der Waals surface area contributed by atoms with Gasteiger partial charge in [-0.1, -0.05) is 25.0 Å². The Kier molecular flexibility index (Phi) is 9.03. The van der Waals surface area contributed by atoms with E-state index >= 15 is 0 Å². The summed E-state index contributed by atoms with van der Waals surface area (Å²) < 4.78 is 5.52. The van der Waals surface area contributed by atoms with Gasteiger partial charge >= 0.3 is 0 Å². The quantitative estimate of drug-likeness (QED) is 0.351. The van der Waals surface area contributed by atoms with Crippen LogP contribution in [0.3, 0.4) is 0 Å². The van der Waals surface area contributed by atoms with Crippen LogP contribution in [0.4, 0.5) is 0 Å². The zero-order valence-electron chi connectivity index (χ0n) is 17.9. The van der Waals surface area contributed by atoms with Crippen LogP contribution in [0.15, 0.2) is 24.3 Å². The first-order valence-electron chi connectivity index (χ1n) is 10.4. The van der Waals surface area contributed by atoms with E-state index < -0.39 is 28.8 Å². The molecular weight excluding hydrogens is 404 g/mol. The topological polar surface area (TPSA) is 147 Å². The van der Waals surface area contributed by atoms with Gasteiger partial charge in [0.2, 0.25) is 5.91 Å². The lowest BCUT2D eigenvalue weighted by Crippen LogP contribution is -2.53. The molecule has 3 N–H and O–H groups in total. The number of nitriles is 1. The molecule has 1 amide bonds. The number of ether oxygens (including phenoxy) is 1. The Morgan fingerprint density at radius 2 is 2.10 bits per heavy atom. The summed E-state index contributed by atoms with van der Waals surface area (Å²) in [6.07, 6.45) is 1.14. The minimum atomic E-state index is -0.833. The highest BCUT2D eigenvalue weighted by Crippen LogP contribution is 2.27. The van der Waals surface area contributed by atoms with Gasteiger partial charge in [-0.15, -0.1) is 10.1 Å². The molecule has 3 atom stereocenters. The van der Waals surface area contributed by atoms with Crippen LogP contribution in [0.2, 0.25) is 0 Å². The second kappa shape index (κ2) is 11.5. The number of nitrogens with zero attached hydrogens (tertiary/aromatic N) is 2. The smallest absolute Gasteiger partial charge is 0.294 e. The summed E-state index contributed by atoms with van der Waals surface area (Å²) in [5.74, 6) is -0.401. The van der Waals surface area contributed by atoms with Crippen LogP contribution in [0.25, 0.3) is 0 Å². The molecule has 0 heterocycles. The fourth-order valence-electron chi connectivity index (χ4n) is 3.46. The average molecular weight is 434 g/mol. The highest BCUT2D eigenvalue weighted by molar-refractivity contribution is 5.79. The van der Waals surface area contributed by atoms with Crippen LogP contribution in [0.1, 0.15) is 45.1 Å². The van der Waals surface area contributed by atoms with Crippen molar-refractivity contribution in [2.24, 2.45) is 5.92 Å². The summed E-state index contributed by atoms with van der Waals surface area (Å²) in [5, 5.41) is 35.1. The van der Waals surface area contributed by atoms with Crippen molar-refractivity contribution in [1.82, 2.24) is 10.6 Å². The zero-order valence-corrected chi connectivity index (χ0v) is 17.9. The summed E-state index contributed by atoms with van der Waals surface area (Å²) in [5.41, 5.74) is -0.136. The van der Waals surface area contributed by atoms with Crippen molar-refractivity contribution in [2.45, 2.75) is 57.3 Å². The number of aliphatic hydroxyl groups is 1. The van der Waals surface area contributed by atoms with Crippen LogP contribution in [0, 0.1) is 27.4 Å². The van der Waals surface area contributed by atoms with Crippen molar-refractivity contribution in [3.63, 3.8) is 0 Å². The Labute approximate surface area is 181 Å². The van der Waals surface area contributed by atoms with Crippen molar-refractivity contribution in [2.75, 3.05) is 19.7 Å². The van der Waals surface area contributed by atoms with Crippen molar-refractivity contribution in [3.05, 3.63) is 39.9 Å². The van der Waals surface area contributed by atoms with Crippen LogP contribution >= 0.6 is 0 Å². The zero-order chi connectivity index (χ0) is 22.9. The lowest BCUT2D eigenvalue weighted by Gasteiger charge is -2.32. The minimum absolute atomic E-state index is 0.0100. The van der Waals surface area contributed by atoms with Gasteiger partial charge in [-0.2, -0.15) is 5.26 Å². The molecule has 0 radical (unpaired) electrons. The molecule has 10 heteroatoms. The Hall–Kier alpha value is -2.90. The summed E-state index contributed by atoms with van der Waals surface area (Å²) in [7, 11) is 0. The monoisotopic (exact) mass is 434 g/mol. The van der Waals surface area contributed by atoms with E-state index in [1.54, 1.807) is 24.3 Å². The average Bonchev–Trinajstić information content (AvgIpc) is 2.75. The fourth-order valence-corrected chi connectivity index (χ4v) is 3.46. The second-order valence-electron chi connectivity index (χ2n) is 8.31. The van der Waals surface area contributed by atoms with E-state index in [4.69, 9.17) is 14.8 Å². The number of aliphatic hydroxyl groups excluding tert-OH is 1. The van der Waals surface area contributed by atoms with Gasteiger partial charge in [0.05, 0.1) is 11.5 Å². The molecule has 1 saturated carbocycles. The highest BCUT2D eigenvalue weighted by atomic mass is 17.0. The SMILES string of the molecule is CC(C)(CNC(=O)C1CCCCC1O[N+](=O)[O-])NCC(O)COc1ccccc1C#N. The van der Waals surface area contributed by atoms with Gasteiger partial charge in [-0.25, -0.2) is 0 Å². The Morgan fingerprint density at radius 1 is 1.39 bits per heavy atom. The van der Waals surface area contributed by atoms with Crippen molar-refractivity contribution in [1.29, 1.82) is 5.26 Å². The third-order valence-corrected chi connectivity index (χ3v) is 5.22. The number of amides is 1. The van der Waals surface area contributed by atoms with E-state index in [-0.39, 0.29) is 25.6 Å². The summed E-state index contributed by atoms with van der Waals surface area (Å²) in [6.45, 7) is 4.25. The number of nitrogens with one attached hydrogen (secondary N) is 2. The Bertz CT molecular complexity index is 794. The standard InChI is InChI=1S/C21H30N4O6/c1-21(2,14-23-20(27)17-8-4-6-10-19(17)31-25(28)29)24-12-16(26)13-30-18-9-5-3-7-15(18)11-22/h3,5,7,9,16-17,19,24,26H,4,6,8,10,12-14H2,1-2H3,(H,23,27). The lowest BCUT2D eigenvalue weighted by molar-refractivity contribution is -0.770. The molecule has 1 aromatic carbocycles. The van der Waals surface area contributed by atoms with E-state index in [0.29, 0.717) is 24.2 Å². The van der Waals surface area contributed by atoms with Gasteiger partial charge in [0.25, 0.3) is 5.09 Å². The number of β-amino-alcohol motifs (C(OH)–C–C–N with tert-alkyl or cyclic N) is 1. The van der Waals surface area contributed by atoms with Crippen LogP contribution in [-0.2, 0) is 9.63 Å². The minimum Gasteiger partial charge on any atom is -0.489 e. The number of hydrogen-bond acceptors (Lipinski definition) is 8. The number of rotatable bonds is 11. The number of para-hydroxylation sites is 1. The molecule has 0 spiro atoms. The van der Waals surface area contributed by atoms with Gasteiger partial charge in [0.15, 0.2) is 0 Å². The van der Waals surface area contributed by atoms with Gasteiger partial charge < -0.3 is 25.3 Å². The van der Waals surface area contributed by atoms with Crippen LogP contribution in [-0.4, -0.2) is 53.5 Å². The van der Waals surface area contributed by atoms with Crippen molar-refractivity contribution < 1.29 is 24.6 Å². The molecule has 1 aliphatic carbocycles. The molecule has 31 heavy (non-hydrogen) atoms. The summed E-state index contributed by atoms with van der Waals surface area (Å²) in [6, 6.07) is 8.82. The van der Waals surface area contributed by atoms with Gasteiger partial charge in [-0.05, 0) is 38.8 Å². The maximum Gasteiger partial charge on any atom is 0.294 e. The maximum absolute atomic E-state index is 12.6. The predicted molar refractivity (Wildman–Crippen MR) is 112 cm³/mol. The summed E-state index contributed by atoms with van der Waals surface area (Å²) >= 11 is 0. The molecule has 0 aliphatic heterocycles. The van der Waals surface area contributed by atoms with Crippen molar-refractivity contribution >= 4 is 5.91 Å². The van der Waals surface area contributed by atoms with Crippen LogP contribution < -0.4 is 15.4 Å². The normalized spacial score (nSPS) is 19.7. The number of benzene rings is 1. The fraction of sp³-hybridized carbons (Fsp3) is 0.619. The molecule has 0 saturated heterocycles. The van der Waals surface area contributed by atoms with Gasteiger partial charge in [0.1, 0.15) is 30.6 Å². The van der Waals surface area contributed by atoms with E-state index in [0.717, 1.165) is 12.8 Å². The first-order chi connectivity index (χ1) is 14.7. The molecule has 3 unspecified atom stereocenters. The first kappa shape index (κ1) is 24.4. The number of carbonyl (C=O) groups is 1. The third-order valence-electron chi connectivity index (χ3n) is 5.22. The first-order valence-corrected chi connectivity index (χ1v) is 10.4. The molecule has 0 bridgehead atoms. The largest absolute Gasteiger partial charge is 0.489 e. The van der Waals surface area contributed by atoms with Crippen molar-refractivity contribution in [3.8, 4) is 11.8 Å². The number of hydrogen-bond donors (Lipinski definition) is 3. The molecule has 170 valence electrons. The van der Waals surface area contributed by atoms with Gasteiger partial charge in [-0.3, -0.25) is 4.79 Å². The van der Waals surface area contributed by atoms with E-state index in [2.05, 4.69) is 10.6 Å². The highest BCUT2D eigenvalue weighted by Gasteiger charge is 2.34. The van der Waals surface area contributed by atoms with E-state index in [9.17, 15) is 20.0 Å². The second-order valence-corrected chi connectivity index (χ2v) is 8.31. The molecule has 1 fully saturated rings. The number of carbonyl (C=O) groups excluding carboxylic acids is 1.